The quantitative estimate of drug-likeness (QED) is 0.192. The number of hydrogen-bond acceptors (Lipinski definition) is 1. The molecule has 7 aromatic carbocycles. The summed E-state index contributed by atoms with van der Waals surface area (Å²) in [5, 5.41) is 7.45. The average Bonchev–Trinajstić information content (AvgIpc) is 3.45. The van der Waals surface area contributed by atoms with E-state index in [-0.39, 0.29) is 0 Å². The topological polar surface area (TPSA) is 17.8 Å². The Bertz CT molecular complexity index is 2430. The highest BCUT2D eigenvalue weighted by molar-refractivity contribution is 6.21. The molecule has 0 atom stereocenters. The Balaban J connectivity index is 1.31. The molecule has 0 unspecified atom stereocenters. The fourth-order valence-electron chi connectivity index (χ4n) is 7.12. The van der Waals surface area contributed by atoms with Gasteiger partial charge >= 0.3 is 0 Å². The lowest BCUT2D eigenvalue weighted by Gasteiger charge is -2.18. The Hall–Kier alpha value is -5.99. The Morgan fingerprint density at radius 3 is 1.40 bits per heavy atom. The first-order valence-corrected chi connectivity index (χ1v) is 15.4. The molecular weight excluding hydrogens is 544 g/mol. The molecule has 0 fully saturated rings. The standard InChI is InChI=1S/C43H28N2/c1-2-13-29(14-3-1)31-25-32(28-44-27-31)43-38-21-6-4-19-36(38)42(37-20-5-7-22-39(37)43)30-15-12-16-33(26-30)45-40-23-10-8-17-34(40)35-18-9-11-24-41(35)45/h1-28H. The maximum atomic E-state index is 4.72. The van der Waals surface area contributed by atoms with Crippen molar-refractivity contribution in [3.05, 3.63) is 170 Å². The van der Waals surface area contributed by atoms with Gasteiger partial charge < -0.3 is 4.57 Å². The van der Waals surface area contributed by atoms with Crippen LogP contribution in [0.25, 0.3) is 82.4 Å². The second kappa shape index (κ2) is 10.3. The van der Waals surface area contributed by atoms with Crippen molar-refractivity contribution in [3.63, 3.8) is 0 Å². The van der Waals surface area contributed by atoms with Crippen LogP contribution < -0.4 is 0 Å². The number of aromatic nitrogens is 2. The van der Waals surface area contributed by atoms with Crippen molar-refractivity contribution in [1.29, 1.82) is 0 Å². The van der Waals surface area contributed by atoms with Crippen molar-refractivity contribution in [2.45, 2.75) is 0 Å². The molecule has 0 bridgehead atoms. The molecule has 0 aliphatic rings. The van der Waals surface area contributed by atoms with Gasteiger partial charge in [-0.05, 0) is 74.1 Å². The number of fused-ring (bicyclic) bond motifs is 5. The van der Waals surface area contributed by atoms with Gasteiger partial charge in [0.2, 0.25) is 0 Å². The zero-order valence-corrected chi connectivity index (χ0v) is 24.6. The molecule has 0 spiro atoms. The summed E-state index contributed by atoms with van der Waals surface area (Å²) in [4.78, 5) is 4.72. The van der Waals surface area contributed by atoms with Crippen molar-refractivity contribution in [2.75, 3.05) is 0 Å². The summed E-state index contributed by atoms with van der Waals surface area (Å²) in [6, 6.07) is 56.8. The van der Waals surface area contributed by atoms with Gasteiger partial charge in [-0.1, -0.05) is 127 Å². The molecular formula is C43H28N2. The minimum atomic E-state index is 1.12. The predicted molar refractivity (Wildman–Crippen MR) is 190 cm³/mol. The van der Waals surface area contributed by atoms with Crippen LogP contribution in [0.1, 0.15) is 0 Å². The summed E-state index contributed by atoms with van der Waals surface area (Å²) < 4.78 is 2.40. The van der Waals surface area contributed by atoms with Gasteiger partial charge in [-0.25, -0.2) is 0 Å². The summed E-state index contributed by atoms with van der Waals surface area (Å²) in [6.45, 7) is 0. The Labute approximate surface area is 261 Å². The maximum absolute atomic E-state index is 4.72. The lowest BCUT2D eigenvalue weighted by atomic mass is 9.86. The van der Waals surface area contributed by atoms with Crippen LogP contribution in [0.15, 0.2) is 170 Å². The first kappa shape index (κ1) is 25.5. The lowest BCUT2D eigenvalue weighted by Crippen LogP contribution is -1.95. The molecule has 9 aromatic rings. The number of benzene rings is 7. The zero-order valence-electron chi connectivity index (χ0n) is 24.6. The van der Waals surface area contributed by atoms with Gasteiger partial charge in [0.05, 0.1) is 11.0 Å². The molecule has 0 amide bonds. The molecule has 0 N–H and O–H groups in total. The second-order valence-corrected chi connectivity index (χ2v) is 11.6. The van der Waals surface area contributed by atoms with Crippen LogP contribution in [-0.4, -0.2) is 9.55 Å². The molecule has 0 saturated carbocycles. The zero-order chi connectivity index (χ0) is 29.7. The third-order valence-electron chi connectivity index (χ3n) is 9.04. The molecule has 2 heterocycles. The minimum Gasteiger partial charge on any atom is -0.309 e. The van der Waals surface area contributed by atoms with Gasteiger partial charge in [0.1, 0.15) is 0 Å². The summed E-state index contributed by atoms with van der Waals surface area (Å²) in [6.07, 6.45) is 3.96. The Kier molecular flexibility index (Phi) is 5.85. The smallest absolute Gasteiger partial charge is 0.0541 e. The van der Waals surface area contributed by atoms with Crippen LogP contribution in [0, 0.1) is 0 Å². The highest BCUT2D eigenvalue weighted by Crippen LogP contribution is 2.44. The highest BCUT2D eigenvalue weighted by Gasteiger charge is 2.18. The van der Waals surface area contributed by atoms with Gasteiger partial charge in [0.25, 0.3) is 0 Å². The summed E-state index contributed by atoms with van der Waals surface area (Å²) in [5.41, 5.74) is 10.6. The van der Waals surface area contributed by atoms with E-state index >= 15 is 0 Å². The van der Waals surface area contributed by atoms with E-state index in [9.17, 15) is 0 Å². The molecule has 0 saturated heterocycles. The van der Waals surface area contributed by atoms with E-state index in [1.807, 2.05) is 12.4 Å². The van der Waals surface area contributed by atoms with E-state index in [4.69, 9.17) is 4.98 Å². The van der Waals surface area contributed by atoms with E-state index in [2.05, 4.69) is 162 Å². The minimum absolute atomic E-state index is 1.12. The van der Waals surface area contributed by atoms with Gasteiger partial charge in [0, 0.05) is 40.0 Å². The van der Waals surface area contributed by atoms with Crippen molar-refractivity contribution < 1.29 is 0 Å². The SMILES string of the molecule is c1ccc(-c2cncc(-c3c4ccccc4c(-c4cccc(-n5c6ccccc6c6ccccc65)c4)c4ccccc34)c2)cc1. The first-order chi connectivity index (χ1) is 22.3. The number of para-hydroxylation sites is 2. The first-order valence-electron chi connectivity index (χ1n) is 15.4. The third-order valence-corrected chi connectivity index (χ3v) is 9.04. The number of hydrogen-bond donors (Lipinski definition) is 0. The largest absolute Gasteiger partial charge is 0.309 e. The Morgan fingerprint density at radius 2 is 0.800 bits per heavy atom. The van der Waals surface area contributed by atoms with Crippen molar-refractivity contribution in [1.82, 2.24) is 9.55 Å². The number of rotatable bonds is 4. The maximum Gasteiger partial charge on any atom is 0.0541 e. The van der Waals surface area contributed by atoms with Crippen LogP contribution >= 0.6 is 0 Å². The van der Waals surface area contributed by atoms with Gasteiger partial charge in [-0.3, -0.25) is 4.98 Å². The predicted octanol–water partition coefficient (Wildman–Crippen LogP) is 11.5. The fraction of sp³-hybridized carbons (Fsp3) is 0. The van der Waals surface area contributed by atoms with E-state index < -0.39 is 0 Å². The monoisotopic (exact) mass is 572 g/mol. The van der Waals surface area contributed by atoms with Crippen LogP contribution in [-0.2, 0) is 0 Å². The van der Waals surface area contributed by atoms with E-state index in [1.54, 1.807) is 0 Å². The van der Waals surface area contributed by atoms with Crippen LogP contribution in [0.3, 0.4) is 0 Å². The molecule has 0 radical (unpaired) electrons. The van der Waals surface area contributed by atoms with Crippen LogP contribution in [0.5, 0.6) is 0 Å². The molecule has 0 aliphatic carbocycles. The Morgan fingerprint density at radius 1 is 0.333 bits per heavy atom. The molecule has 210 valence electrons. The summed E-state index contributed by atoms with van der Waals surface area (Å²) in [5.74, 6) is 0. The normalized spacial score (nSPS) is 11.6. The van der Waals surface area contributed by atoms with Gasteiger partial charge in [-0.2, -0.15) is 0 Å². The molecule has 0 aliphatic heterocycles. The second-order valence-electron chi connectivity index (χ2n) is 11.6. The van der Waals surface area contributed by atoms with E-state index in [0.29, 0.717) is 0 Å². The van der Waals surface area contributed by atoms with E-state index in [1.165, 1.54) is 65.6 Å². The molecule has 45 heavy (non-hydrogen) atoms. The average molecular weight is 573 g/mol. The van der Waals surface area contributed by atoms with Gasteiger partial charge in [0.15, 0.2) is 0 Å². The lowest BCUT2D eigenvalue weighted by molar-refractivity contribution is 1.18. The van der Waals surface area contributed by atoms with Crippen molar-refractivity contribution in [3.8, 4) is 39.1 Å². The third kappa shape index (κ3) is 4.07. The number of pyridine rings is 1. The fourth-order valence-corrected chi connectivity index (χ4v) is 7.12. The van der Waals surface area contributed by atoms with Gasteiger partial charge in [-0.15, -0.1) is 0 Å². The molecule has 9 rings (SSSR count). The van der Waals surface area contributed by atoms with Crippen LogP contribution in [0.4, 0.5) is 0 Å². The van der Waals surface area contributed by atoms with Crippen molar-refractivity contribution in [2.24, 2.45) is 0 Å². The molecule has 2 nitrogen and oxygen atoms in total. The molecule has 2 heteroatoms. The summed E-state index contributed by atoms with van der Waals surface area (Å²) >= 11 is 0. The molecule has 2 aromatic heterocycles. The highest BCUT2D eigenvalue weighted by atomic mass is 15.0. The van der Waals surface area contributed by atoms with Crippen molar-refractivity contribution >= 4 is 43.4 Å². The summed E-state index contributed by atoms with van der Waals surface area (Å²) in [7, 11) is 0. The number of nitrogens with zero attached hydrogens (tertiary/aromatic N) is 2. The van der Waals surface area contributed by atoms with Crippen LogP contribution in [0.2, 0.25) is 0 Å². The van der Waals surface area contributed by atoms with E-state index in [0.717, 1.165) is 16.8 Å².